The molecule has 1 amide bonds. The predicted molar refractivity (Wildman–Crippen MR) is 151 cm³/mol. The first kappa shape index (κ1) is 26.2. The standard InChI is InChI=1S/C29H31FN4O3S/c1-19-15-21(9-10-23(19)29(35)33(2)3)27-17-31-26-6-4-5-24(28(26)32-27)20-7-8-22(25(30)16-20)18-34-11-13-38(36,37)14-12-34/h4-10,15-17,36-37H,11-14,18H2,1-3H3. The third-order valence-electron chi connectivity index (χ3n) is 6.96. The summed E-state index contributed by atoms with van der Waals surface area (Å²) in [4.78, 5) is 25.5. The number of benzene rings is 3. The zero-order chi connectivity index (χ0) is 27.0. The molecule has 1 aliphatic heterocycles. The van der Waals surface area contributed by atoms with E-state index in [1.165, 1.54) is 6.07 Å². The van der Waals surface area contributed by atoms with Gasteiger partial charge < -0.3 is 4.90 Å². The van der Waals surface area contributed by atoms with Crippen molar-refractivity contribution in [1.82, 2.24) is 19.8 Å². The Bertz CT molecular complexity index is 1520. The Kier molecular flexibility index (Phi) is 7.19. The van der Waals surface area contributed by atoms with Crippen LogP contribution in [0.2, 0.25) is 0 Å². The van der Waals surface area contributed by atoms with Crippen molar-refractivity contribution in [3.8, 4) is 22.4 Å². The lowest BCUT2D eigenvalue weighted by atomic mass is 10.0. The van der Waals surface area contributed by atoms with Crippen molar-refractivity contribution in [3.05, 3.63) is 83.3 Å². The highest BCUT2D eigenvalue weighted by Crippen LogP contribution is 2.40. The van der Waals surface area contributed by atoms with Crippen molar-refractivity contribution in [3.63, 3.8) is 0 Å². The molecule has 0 bridgehead atoms. The van der Waals surface area contributed by atoms with Gasteiger partial charge >= 0.3 is 0 Å². The third-order valence-corrected chi connectivity index (χ3v) is 8.63. The minimum absolute atomic E-state index is 0.0530. The van der Waals surface area contributed by atoms with E-state index < -0.39 is 10.6 Å². The summed E-state index contributed by atoms with van der Waals surface area (Å²) >= 11 is 0. The van der Waals surface area contributed by atoms with Gasteiger partial charge in [-0.05, 0) is 42.3 Å². The average Bonchev–Trinajstić information content (AvgIpc) is 2.89. The predicted octanol–water partition coefficient (Wildman–Crippen LogP) is 5.68. The van der Waals surface area contributed by atoms with E-state index >= 15 is 4.39 Å². The number of hydrogen-bond acceptors (Lipinski definition) is 6. The van der Waals surface area contributed by atoms with Gasteiger partial charge in [0, 0.05) is 56.0 Å². The van der Waals surface area contributed by atoms with Crippen molar-refractivity contribution in [2.75, 3.05) is 38.7 Å². The van der Waals surface area contributed by atoms with Gasteiger partial charge in [-0.3, -0.25) is 23.8 Å². The Morgan fingerprint density at radius 2 is 1.79 bits per heavy atom. The van der Waals surface area contributed by atoms with Crippen LogP contribution < -0.4 is 0 Å². The van der Waals surface area contributed by atoms with Crippen LogP contribution >= 0.6 is 10.6 Å². The highest BCUT2D eigenvalue weighted by Gasteiger charge is 2.23. The Labute approximate surface area is 223 Å². The summed E-state index contributed by atoms with van der Waals surface area (Å²) in [5.41, 5.74) is 6.45. The first-order valence-electron chi connectivity index (χ1n) is 12.4. The molecular weight excluding hydrogens is 503 g/mol. The summed E-state index contributed by atoms with van der Waals surface area (Å²) in [6.45, 7) is 3.40. The molecule has 2 heterocycles. The lowest BCUT2D eigenvalue weighted by molar-refractivity contribution is 0.0827. The SMILES string of the molecule is Cc1cc(-c2cnc3cccc(-c4ccc(CN5CCS(O)(O)CC5)c(F)c4)c3n2)ccc1C(=O)N(C)C. The first-order valence-corrected chi connectivity index (χ1v) is 14.3. The fourth-order valence-corrected chi connectivity index (χ4v) is 6.02. The van der Waals surface area contributed by atoms with Gasteiger partial charge in [0.25, 0.3) is 5.91 Å². The summed E-state index contributed by atoms with van der Waals surface area (Å²) in [6, 6.07) is 16.5. The number of para-hydroxylation sites is 1. The smallest absolute Gasteiger partial charge is 0.253 e. The fourth-order valence-electron chi connectivity index (χ4n) is 4.72. The van der Waals surface area contributed by atoms with Gasteiger partial charge in [0.15, 0.2) is 0 Å². The monoisotopic (exact) mass is 534 g/mol. The van der Waals surface area contributed by atoms with E-state index in [0.29, 0.717) is 64.6 Å². The summed E-state index contributed by atoms with van der Waals surface area (Å²) in [6.07, 6.45) is 1.71. The molecule has 0 saturated carbocycles. The number of carbonyl (C=O) groups is 1. The number of halogens is 1. The number of carbonyl (C=O) groups excluding carboxylic acids is 1. The minimum Gasteiger partial charge on any atom is -0.345 e. The second-order valence-corrected chi connectivity index (χ2v) is 12.4. The van der Waals surface area contributed by atoms with E-state index in [2.05, 4.69) is 4.98 Å². The van der Waals surface area contributed by atoms with E-state index in [9.17, 15) is 13.9 Å². The van der Waals surface area contributed by atoms with Gasteiger partial charge in [-0.1, -0.05) is 30.3 Å². The van der Waals surface area contributed by atoms with Crippen LogP contribution in [0.15, 0.2) is 60.8 Å². The molecule has 7 nitrogen and oxygen atoms in total. The van der Waals surface area contributed by atoms with E-state index in [1.807, 2.05) is 54.3 Å². The molecule has 9 heteroatoms. The molecule has 5 rings (SSSR count). The molecule has 3 aromatic carbocycles. The second kappa shape index (κ2) is 10.4. The third kappa shape index (κ3) is 5.42. The van der Waals surface area contributed by atoms with E-state index in [0.717, 1.165) is 16.7 Å². The second-order valence-electron chi connectivity index (χ2n) is 9.95. The van der Waals surface area contributed by atoms with Crippen LogP contribution in [0.1, 0.15) is 21.5 Å². The molecule has 2 N–H and O–H groups in total. The van der Waals surface area contributed by atoms with Crippen LogP contribution in [0.3, 0.4) is 0 Å². The number of nitrogens with zero attached hydrogens (tertiary/aromatic N) is 4. The summed E-state index contributed by atoms with van der Waals surface area (Å²) in [7, 11) is 0.974. The van der Waals surface area contributed by atoms with E-state index in [-0.39, 0.29) is 11.7 Å². The molecule has 0 radical (unpaired) electrons. The molecule has 198 valence electrons. The molecular formula is C29H31FN4O3S. The number of amides is 1. The largest absolute Gasteiger partial charge is 0.345 e. The number of aryl methyl sites for hydroxylation is 1. The Morgan fingerprint density at radius 3 is 2.47 bits per heavy atom. The van der Waals surface area contributed by atoms with Crippen LogP contribution in [-0.2, 0) is 6.54 Å². The molecule has 0 spiro atoms. The fraction of sp³-hybridized carbons (Fsp3) is 0.276. The molecule has 0 atom stereocenters. The van der Waals surface area contributed by atoms with Gasteiger partial charge in [-0.25, -0.2) is 9.37 Å². The maximum absolute atomic E-state index is 15.2. The Balaban J connectivity index is 1.45. The molecule has 1 saturated heterocycles. The molecule has 0 unspecified atom stereocenters. The Hall–Kier alpha value is -3.37. The maximum Gasteiger partial charge on any atom is 0.253 e. The maximum atomic E-state index is 15.2. The highest BCUT2D eigenvalue weighted by molar-refractivity contribution is 8.24. The molecule has 1 fully saturated rings. The van der Waals surface area contributed by atoms with Crippen LogP contribution in [0.25, 0.3) is 33.4 Å². The number of rotatable bonds is 5. The Morgan fingerprint density at radius 1 is 1.05 bits per heavy atom. The zero-order valence-electron chi connectivity index (χ0n) is 21.7. The summed E-state index contributed by atoms with van der Waals surface area (Å²) in [5, 5.41) is 0. The quantitative estimate of drug-likeness (QED) is 0.343. The van der Waals surface area contributed by atoms with Crippen molar-refractivity contribution in [2.24, 2.45) is 0 Å². The van der Waals surface area contributed by atoms with Crippen LogP contribution in [-0.4, -0.2) is 73.5 Å². The topological polar surface area (TPSA) is 89.8 Å². The van der Waals surface area contributed by atoms with Crippen molar-refractivity contribution in [2.45, 2.75) is 13.5 Å². The number of hydrogen-bond donors (Lipinski definition) is 2. The molecule has 0 aliphatic carbocycles. The highest BCUT2D eigenvalue weighted by atomic mass is 32.3. The number of fused-ring (bicyclic) bond motifs is 1. The van der Waals surface area contributed by atoms with Crippen molar-refractivity contribution >= 4 is 27.5 Å². The lowest BCUT2D eigenvalue weighted by Gasteiger charge is -2.41. The average molecular weight is 535 g/mol. The summed E-state index contributed by atoms with van der Waals surface area (Å²) < 4.78 is 34.9. The van der Waals surface area contributed by atoms with Crippen LogP contribution in [0.4, 0.5) is 4.39 Å². The van der Waals surface area contributed by atoms with Gasteiger partial charge in [-0.15, -0.1) is 0 Å². The molecule has 4 aromatic rings. The van der Waals surface area contributed by atoms with Gasteiger partial charge in [0.05, 0.1) is 34.4 Å². The van der Waals surface area contributed by atoms with Gasteiger partial charge in [-0.2, -0.15) is 10.6 Å². The minimum atomic E-state index is -2.48. The van der Waals surface area contributed by atoms with Gasteiger partial charge in [0.1, 0.15) is 5.82 Å². The van der Waals surface area contributed by atoms with Gasteiger partial charge in [0.2, 0.25) is 0 Å². The van der Waals surface area contributed by atoms with E-state index in [1.54, 1.807) is 31.3 Å². The van der Waals surface area contributed by atoms with E-state index in [4.69, 9.17) is 4.98 Å². The van der Waals surface area contributed by atoms with Crippen LogP contribution in [0.5, 0.6) is 0 Å². The van der Waals surface area contributed by atoms with Crippen LogP contribution in [0, 0.1) is 12.7 Å². The zero-order valence-corrected chi connectivity index (χ0v) is 22.5. The van der Waals surface area contributed by atoms with Crippen molar-refractivity contribution < 1.29 is 18.3 Å². The summed E-state index contributed by atoms with van der Waals surface area (Å²) in [5.74, 6) is 0.302. The lowest BCUT2D eigenvalue weighted by Crippen LogP contribution is -2.37. The number of aromatic nitrogens is 2. The first-order chi connectivity index (χ1) is 18.1. The molecule has 1 aliphatic rings. The normalized spacial score (nSPS) is 16.4. The molecule has 1 aromatic heterocycles. The van der Waals surface area contributed by atoms with Crippen molar-refractivity contribution in [1.29, 1.82) is 0 Å². The molecule has 38 heavy (non-hydrogen) atoms.